The van der Waals surface area contributed by atoms with Crippen LogP contribution in [0.5, 0.6) is 0 Å². The zero-order chi connectivity index (χ0) is 26.1. The minimum absolute atomic E-state index is 0.285. The summed E-state index contributed by atoms with van der Waals surface area (Å²) in [6, 6.07) is 21.0. The monoisotopic (exact) mass is 532 g/mol. The van der Waals surface area contributed by atoms with Gasteiger partial charge in [0.1, 0.15) is 6.04 Å². The molecule has 2 N–H and O–H groups in total. The van der Waals surface area contributed by atoms with Crippen molar-refractivity contribution in [2.24, 2.45) is 0 Å². The number of aliphatic carboxylic acids is 1. The van der Waals surface area contributed by atoms with Crippen molar-refractivity contribution in [3.63, 3.8) is 0 Å². The molecule has 0 radical (unpaired) electrons. The van der Waals surface area contributed by atoms with Gasteiger partial charge >= 0.3 is 0 Å². The predicted molar refractivity (Wildman–Crippen MR) is 141 cm³/mol. The quantitative estimate of drug-likeness (QED) is 0.381. The molecule has 1 amide bonds. The summed E-state index contributed by atoms with van der Waals surface area (Å²) in [4.78, 5) is 40.6. The van der Waals surface area contributed by atoms with E-state index < -0.39 is 24.3 Å². The fourth-order valence-corrected chi connectivity index (χ4v) is 4.95. The van der Waals surface area contributed by atoms with Crippen molar-refractivity contribution in [1.82, 2.24) is 15.4 Å². The van der Waals surface area contributed by atoms with Gasteiger partial charge in [-0.1, -0.05) is 71.7 Å². The Bertz CT molecular complexity index is 1620. The highest BCUT2D eigenvalue weighted by Gasteiger charge is 2.33. The van der Waals surface area contributed by atoms with Crippen LogP contribution in [-0.2, 0) is 9.59 Å². The number of nitrogens with one attached hydrogen (secondary N) is 2. The van der Waals surface area contributed by atoms with Gasteiger partial charge in [-0.3, -0.25) is 15.0 Å². The number of nitrogens with zero attached hydrogens (tertiary/aromatic N) is 1. The molecule has 5 rings (SSSR count). The maximum absolute atomic E-state index is 13.5. The largest absolute Gasteiger partial charge is 0.550 e. The molecule has 0 fully saturated rings. The van der Waals surface area contributed by atoms with E-state index in [-0.39, 0.29) is 12.0 Å². The van der Waals surface area contributed by atoms with E-state index in [4.69, 9.17) is 23.2 Å². The summed E-state index contributed by atoms with van der Waals surface area (Å²) in [6.45, 7) is 0. The molecule has 0 saturated heterocycles. The smallest absolute Gasteiger partial charge is 0.258 e. The molecule has 0 unspecified atom stereocenters. The second kappa shape index (κ2) is 10.1. The average molecular weight is 533 g/mol. The number of hydrogen-bond acceptors (Lipinski definition) is 5. The molecule has 1 aliphatic rings. The molecule has 0 spiro atoms. The summed E-state index contributed by atoms with van der Waals surface area (Å²) < 4.78 is 0. The Morgan fingerprint density at radius 1 is 0.919 bits per heavy atom. The van der Waals surface area contributed by atoms with Gasteiger partial charge in [0, 0.05) is 38.9 Å². The Hall–Kier alpha value is -4.07. The summed E-state index contributed by atoms with van der Waals surface area (Å²) in [5.41, 5.74) is 6.05. The van der Waals surface area contributed by atoms with Crippen molar-refractivity contribution < 1.29 is 14.7 Å². The van der Waals surface area contributed by atoms with Crippen molar-refractivity contribution in [2.45, 2.75) is 18.9 Å². The van der Waals surface area contributed by atoms with E-state index in [2.05, 4.69) is 10.4 Å². The summed E-state index contributed by atoms with van der Waals surface area (Å²) in [5, 5.41) is 14.0. The minimum Gasteiger partial charge on any atom is -0.550 e. The average Bonchev–Trinajstić information content (AvgIpc) is 3.32. The van der Waals surface area contributed by atoms with Gasteiger partial charge in [-0.05, 0) is 47.9 Å². The van der Waals surface area contributed by atoms with Crippen LogP contribution in [0.15, 0.2) is 83.7 Å². The first-order chi connectivity index (χ1) is 17.8. The van der Waals surface area contributed by atoms with Gasteiger partial charge in [0.15, 0.2) is 0 Å². The SMILES string of the molecule is O=C([O-])CCC(=O)N1NC(c2c(-c3ccccc3)c3cc(Cl)ccc3[nH]c2=O)=C[C@@H]1c1ccccc1Cl. The molecule has 9 heteroatoms. The molecule has 4 aromatic rings. The fraction of sp³-hybridized carbons (Fsp3) is 0.107. The van der Waals surface area contributed by atoms with E-state index in [1.165, 1.54) is 5.01 Å². The minimum atomic E-state index is -1.33. The lowest BCUT2D eigenvalue weighted by Crippen LogP contribution is -2.40. The number of rotatable bonds is 6. The highest BCUT2D eigenvalue weighted by molar-refractivity contribution is 6.32. The van der Waals surface area contributed by atoms with Crippen LogP contribution >= 0.6 is 23.2 Å². The van der Waals surface area contributed by atoms with Crippen molar-refractivity contribution in [1.29, 1.82) is 0 Å². The number of halogens is 2. The van der Waals surface area contributed by atoms with Gasteiger partial charge in [-0.15, -0.1) is 0 Å². The highest BCUT2D eigenvalue weighted by Crippen LogP contribution is 2.39. The Morgan fingerprint density at radius 3 is 2.38 bits per heavy atom. The lowest BCUT2D eigenvalue weighted by molar-refractivity contribution is -0.305. The predicted octanol–water partition coefficient (Wildman–Crippen LogP) is 4.46. The van der Waals surface area contributed by atoms with Crippen LogP contribution in [0.1, 0.15) is 30.0 Å². The van der Waals surface area contributed by atoms with Gasteiger partial charge in [0.05, 0.1) is 11.3 Å². The number of carboxylic acid groups (broad SMARTS) is 1. The van der Waals surface area contributed by atoms with Crippen LogP contribution in [0, 0.1) is 0 Å². The summed E-state index contributed by atoms with van der Waals surface area (Å²) in [6.07, 6.45) is 1.02. The third-order valence-corrected chi connectivity index (χ3v) is 6.77. The molecule has 0 saturated carbocycles. The molecule has 0 aliphatic carbocycles. The van der Waals surface area contributed by atoms with Crippen LogP contribution in [0.2, 0.25) is 10.0 Å². The molecular weight excluding hydrogens is 513 g/mol. The number of aromatic amines is 1. The van der Waals surface area contributed by atoms with Crippen molar-refractivity contribution >= 4 is 51.7 Å². The molecule has 1 aromatic heterocycles. The molecule has 1 aliphatic heterocycles. The van der Waals surface area contributed by atoms with Gasteiger partial charge in [-0.25, -0.2) is 5.01 Å². The van der Waals surface area contributed by atoms with Gasteiger partial charge in [0.25, 0.3) is 5.56 Å². The molecule has 37 heavy (non-hydrogen) atoms. The van der Waals surface area contributed by atoms with Crippen LogP contribution in [-0.4, -0.2) is 21.9 Å². The number of carbonyl (C=O) groups excluding carboxylic acids is 2. The number of aromatic nitrogens is 1. The van der Waals surface area contributed by atoms with E-state index in [1.54, 1.807) is 48.5 Å². The van der Waals surface area contributed by atoms with E-state index in [9.17, 15) is 19.5 Å². The number of carboxylic acids is 1. The third-order valence-electron chi connectivity index (χ3n) is 6.19. The first-order valence-electron chi connectivity index (χ1n) is 11.5. The zero-order valence-electron chi connectivity index (χ0n) is 19.3. The first kappa shape index (κ1) is 24.6. The van der Waals surface area contributed by atoms with E-state index in [0.29, 0.717) is 37.9 Å². The number of pyridine rings is 1. The van der Waals surface area contributed by atoms with Crippen LogP contribution < -0.4 is 16.1 Å². The van der Waals surface area contributed by atoms with Crippen molar-refractivity contribution in [3.05, 3.63) is 110 Å². The van der Waals surface area contributed by atoms with Crippen LogP contribution in [0.3, 0.4) is 0 Å². The second-order valence-corrected chi connectivity index (χ2v) is 9.40. The van der Waals surface area contributed by atoms with E-state index in [0.717, 1.165) is 10.9 Å². The highest BCUT2D eigenvalue weighted by atomic mass is 35.5. The van der Waals surface area contributed by atoms with Gasteiger partial charge < -0.3 is 14.9 Å². The van der Waals surface area contributed by atoms with Crippen LogP contribution in [0.25, 0.3) is 27.7 Å². The third kappa shape index (κ3) is 4.83. The lowest BCUT2D eigenvalue weighted by atomic mass is 9.94. The lowest BCUT2D eigenvalue weighted by Gasteiger charge is -2.26. The maximum Gasteiger partial charge on any atom is 0.258 e. The molecule has 7 nitrogen and oxygen atoms in total. The van der Waals surface area contributed by atoms with Crippen LogP contribution in [0.4, 0.5) is 0 Å². The van der Waals surface area contributed by atoms with Gasteiger partial charge in [0.2, 0.25) is 5.91 Å². The number of H-pyrrole nitrogens is 1. The molecule has 186 valence electrons. The number of amides is 1. The van der Waals surface area contributed by atoms with Gasteiger partial charge in [-0.2, -0.15) is 0 Å². The zero-order valence-corrected chi connectivity index (χ0v) is 20.8. The number of benzene rings is 3. The fourth-order valence-electron chi connectivity index (χ4n) is 4.53. The standard InChI is InChI=1S/C28H21Cl2N3O4/c29-17-10-11-21-19(14-17)26(16-6-2-1-3-7-16)27(28(37)31-21)22-15-23(18-8-4-5-9-20(18)30)33(32-22)24(34)12-13-25(35)36/h1-11,14-15,23,32H,12-13H2,(H,31,37)(H,35,36)/p-1/t23-/m1/s1. The summed E-state index contributed by atoms with van der Waals surface area (Å²) >= 11 is 12.8. The summed E-state index contributed by atoms with van der Waals surface area (Å²) in [5.74, 6) is -1.81. The second-order valence-electron chi connectivity index (χ2n) is 8.55. The van der Waals surface area contributed by atoms with E-state index in [1.807, 2.05) is 30.3 Å². The molecule has 1 atom stereocenters. The number of carbonyl (C=O) groups is 2. The molecule has 2 heterocycles. The summed E-state index contributed by atoms with van der Waals surface area (Å²) in [7, 11) is 0. The molecular formula is C28H20Cl2N3O4-. The maximum atomic E-state index is 13.5. The van der Waals surface area contributed by atoms with Crippen molar-refractivity contribution in [3.8, 4) is 11.1 Å². The first-order valence-corrected chi connectivity index (χ1v) is 12.2. The van der Waals surface area contributed by atoms with Crippen molar-refractivity contribution in [2.75, 3.05) is 0 Å². The topological polar surface area (TPSA) is 105 Å². The Morgan fingerprint density at radius 2 is 1.65 bits per heavy atom. The Labute approximate surface area is 221 Å². The van der Waals surface area contributed by atoms with E-state index >= 15 is 0 Å². The Kier molecular flexibility index (Phi) is 6.74. The molecule has 0 bridgehead atoms. The number of fused-ring (bicyclic) bond motifs is 1. The Balaban J connectivity index is 1.72. The molecule has 3 aromatic carbocycles. The number of hydrogen-bond donors (Lipinski definition) is 2. The number of hydrazine groups is 1. The normalized spacial score (nSPS) is 14.9.